The highest BCUT2D eigenvalue weighted by Gasteiger charge is 2.21. The van der Waals surface area contributed by atoms with Crippen LogP contribution in [0.4, 0.5) is 0 Å². The Hall–Kier alpha value is -0.870. The number of nitrogens with zero attached hydrogens (tertiary/aromatic N) is 2. The highest BCUT2D eigenvalue weighted by atomic mass is 35.5. The largest absolute Gasteiger partial charge is 0.321 e. The molecule has 4 nitrogen and oxygen atoms in total. The van der Waals surface area contributed by atoms with Gasteiger partial charge >= 0.3 is 0 Å². The second-order valence-corrected chi connectivity index (χ2v) is 3.85. The Morgan fingerprint density at radius 1 is 1.67 bits per heavy atom. The van der Waals surface area contributed by atoms with Gasteiger partial charge < -0.3 is 5.73 Å². The third-order valence-electron chi connectivity index (χ3n) is 2.24. The summed E-state index contributed by atoms with van der Waals surface area (Å²) in [7, 11) is 0. The van der Waals surface area contributed by atoms with Crippen molar-refractivity contribution in [2.45, 2.75) is 39.3 Å². The van der Waals surface area contributed by atoms with Gasteiger partial charge in [-0.25, -0.2) is 0 Å². The van der Waals surface area contributed by atoms with Gasteiger partial charge in [-0.3, -0.25) is 9.48 Å². The number of hydrogen-bond acceptors (Lipinski definition) is 3. The predicted octanol–water partition coefficient (Wildman–Crippen LogP) is 1.87. The number of carbonyl (C=O) groups excluding carboxylic acids is 1. The van der Waals surface area contributed by atoms with Crippen molar-refractivity contribution >= 4 is 17.4 Å². The topological polar surface area (TPSA) is 60.9 Å². The van der Waals surface area contributed by atoms with Gasteiger partial charge in [-0.05, 0) is 12.8 Å². The molecule has 0 aliphatic heterocycles. The summed E-state index contributed by atoms with van der Waals surface area (Å²) < 4.78 is 1.63. The summed E-state index contributed by atoms with van der Waals surface area (Å²) >= 11 is 5.92. The van der Waals surface area contributed by atoms with E-state index in [4.69, 9.17) is 17.3 Å². The zero-order valence-corrected chi connectivity index (χ0v) is 9.79. The molecule has 0 aliphatic rings. The molecule has 1 aromatic rings. The molecule has 84 valence electrons. The first-order valence-corrected chi connectivity index (χ1v) is 5.50. The number of carbonyl (C=O) groups is 1. The van der Waals surface area contributed by atoms with Gasteiger partial charge in [0.2, 0.25) is 0 Å². The molecule has 1 aromatic heterocycles. The van der Waals surface area contributed by atoms with Gasteiger partial charge in [-0.15, -0.1) is 0 Å². The molecule has 0 aromatic carbocycles. The van der Waals surface area contributed by atoms with Crippen molar-refractivity contribution in [1.29, 1.82) is 0 Å². The van der Waals surface area contributed by atoms with Gasteiger partial charge in [0, 0.05) is 6.54 Å². The summed E-state index contributed by atoms with van der Waals surface area (Å²) in [6.45, 7) is 4.57. The molecule has 0 saturated heterocycles. The smallest absolute Gasteiger partial charge is 0.198 e. The van der Waals surface area contributed by atoms with Crippen LogP contribution >= 0.6 is 11.6 Å². The molecule has 0 aliphatic carbocycles. The first-order valence-electron chi connectivity index (χ1n) is 5.12. The zero-order chi connectivity index (χ0) is 11.4. The highest BCUT2D eigenvalue weighted by molar-refractivity contribution is 6.33. The van der Waals surface area contributed by atoms with Crippen LogP contribution in [0.2, 0.25) is 5.02 Å². The lowest BCUT2D eigenvalue weighted by Crippen LogP contribution is -2.31. The number of rotatable bonds is 5. The summed E-state index contributed by atoms with van der Waals surface area (Å²) in [5, 5.41) is 4.44. The lowest BCUT2D eigenvalue weighted by molar-refractivity contribution is 0.0948. The van der Waals surface area contributed by atoms with Crippen molar-refractivity contribution in [3.05, 3.63) is 16.9 Å². The minimum atomic E-state index is -0.491. The van der Waals surface area contributed by atoms with Crippen LogP contribution in [0.1, 0.15) is 37.2 Å². The maximum Gasteiger partial charge on any atom is 0.198 e. The van der Waals surface area contributed by atoms with E-state index in [1.54, 1.807) is 4.68 Å². The molecular formula is C10H16ClN3O. The van der Waals surface area contributed by atoms with Crippen molar-refractivity contribution in [2.24, 2.45) is 5.73 Å². The van der Waals surface area contributed by atoms with E-state index in [2.05, 4.69) is 5.10 Å². The van der Waals surface area contributed by atoms with Gasteiger partial charge in [0.25, 0.3) is 0 Å². The van der Waals surface area contributed by atoms with Crippen molar-refractivity contribution in [3.63, 3.8) is 0 Å². The van der Waals surface area contributed by atoms with Crippen molar-refractivity contribution < 1.29 is 4.79 Å². The van der Waals surface area contributed by atoms with E-state index in [9.17, 15) is 4.79 Å². The Bertz CT molecular complexity index is 348. The van der Waals surface area contributed by atoms with Crippen LogP contribution in [0.15, 0.2) is 6.20 Å². The maximum atomic E-state index is 11.9. The summed E-state index contributed by atoms with van der Waals surface area (Å²) in [4.78, 5) is 11.9. The SMILES string of the molecule is CCCn1ncc(Cl)c1C(=O)C(N)CC. The average molecular weight is 230 g/mol. The molecule has 1 heterocycles. The minimum absolute atomic E-state index is 0.131. The fourth-order valence-corrected chi connectivity index (χ4v) is 1.58. The number of aromatic nitrogens is 2. The zero-order valence-electron chi connectivity index (χ0n) is 9.03. The van der Waals surface area contributed by atoms with E-state index in [0.29, 0.717) is 23.7 Å². The van der Waals surface area contributed by atoms with E-state index in [1.807, 2.05) is 13.8 Å². The molecule has 0 amide bonds. The fourth-order valence-electron chi connectivity index (χ4n) is 1.35. The minimum Gasteiger partial charge on any atom is -0.321 e. The summed E-state index contributed by atoms with van der Waals surface area (Å²) in [6, 6.07) is -0.491. The summed E-state index contributed by atoms with van der Waals surface area (Å²) in [5.74, 6) is -0.131. The van der Waals surface area contributed by atoms with E-state index in [-0.39, 0.29) is 5.78 Å². The van der Waals surface area contributed by atoms with Crippen LogP contribution in [0.25, 0.3) is 0 Å². The molecule has 1 rings (SSSR count). The maximum absolute atomic E-state index is 11.9. The summed E-state index contributed by atoms with van der Waals surface area (Å²) in [6.07, 6.45) is 3.00. The second-order valence-electron chi connectivity index (χ2n) is 3.44. The van der Waals surface area contributed by atoms with Crippen molar-refractivity contribution in [1.82, 2.24) is 9.78 Å². The number of hydrogen-bond donors (Lipinski definition) is 1. The monoisotopic (exact) mass is 229 g/mol. The number of Topliss-reactive ketones (excluding diaryl/α,β-unsaturated/α-hetero) is 1. The Kier molecular flexibility index (Phi) is 4.29. The van der Waals surface area contributed by atoms with Crippen LogP contribution in [0.3, 0.4) is 0 Å². The third kappa shape index (κ3) is 2.58. The lowest BCUT2D eigenvalue weighted by Gasteiger charge is -2.10. The Morgan fingerprint density at radius 2 is 2.33 bits per heavy atom. The van der Waals surface area contributed by atoms with Crippen LogP contribution in [-0.2, 0) is 6.54 Å². The van der Waals surface area contributed by atoms with Crippen LogP contribution < -0.4 is 5.73 Å². The standard InChI is InChI=1S/C10H16ClN3O/c1-3-5-14-9(7(11)6-13-14)10(15)8(12)4-2/h6,8H,3-5,12H2,1-2H3. The second kappa shape index (κ2) is 5.28. The quantitative estimate of drug-likeness (QED) is 0.785. The van der Waals surface area contributed by atoms with E-state index in [1.165, 1.54) is 6.20 Å². The number of ketones is 1. The molecule has 1 atom stereocenters. The average Bonchev–Trinajstić information content (AvgIpc) is 2.58. The predicted molar refractivity (Wildman–Crippen MR) is 60.1 cm³/mol. The number of halogens is 1. The summed E-state index contributed by atoms with van der Waals surface area (Å²) in [5.41, 5.74) is 6.13. The molecule has 15 heavy (non-hydrogen) atoms. The van der Waals surface area contributed by atoms with Gasteiger partial charge in [-0.1, -0.05) is 25.4 Å². The Balaban J connectivity index is 3.00. The normalized spacial score (nSPS) is 12.8. The van der Waals surface area contributed by atoms with Crippen LogP contribution in [0, 0.1) is 0 Å². The van der Waals surface area contributed by atoms with E-state index >= 15 is 0 Å². The highest BCUT2D eigenvalue weighted by Crippen LogP contribution is 2.17. The van der Waals surface area contributed by atoms with Gasteiger partial charge in [-0.2, -0.15) is 5.10 Å². The number of nitrogens with two attached hydrogens (primary N) is 1. The lowest BCUT2D eigenvalue weighted by atomic mass is 10.1. The molecule has 0 spiro atoms. The Morgan fingerprint density at radius 3 is 2.87 bits per heavy atom. The van der Waals surface area contributed by atoms with Crippen molar-refractivity contribution in [2.75, 3.05) is 0 Å². The molecule has 5 heteroatoms. The van der Waals surface area contributed by atoms with Crippen LogP contribution in [0.5, 0.6) is 0 Å². The molecule has 0 bridgehead atoms. The van der Waals surface area contributed by atoms with E-state index in [0.717, 1.165) is 6.42 Å². The van der Waals surface area contributed by atoms with Crippen LogP contribution in [-0.4, -0.2) is 21.6 Å². The van der Waals surface area contributed by atoms with Crippen molar-refractivity contribution in [3.8, 4) is 0 Å². The molecule has 2 N–H and O–H groups in total. The fraction of sp³-hybridized carbons (Fsp3) is 0.600. The number of aryl methyl sites for hydroxylation is 1. The van der Waals surface area contributed by atoms with Gasteiger partial charge in [0.1, 0.15) is 5.69 Å². The molecule has 0 saturated carbocycles. The van der Waals surface area contributed by atoms with E-state index < -0.39 is 6.04 Å². The molecule has 0 radical (unpaired) electrons. The first kappa shape index (κ1) is 12.2. The van der Waals surface area contributed by atoms with Gasteiger partial charge in [0.05, 0.1) is 17.3 Å². The first-order chi connectivity index (χ1) is 7.11. The molecule has 1 unspecified atom stereocenters. The third-order valence-corrected chi connectivity index (χ3v) is 2.52. The molecular weight excluding hydrogens is 214 g/mol. The molecule has 0 fully saturated rings. The Labute approximate surface area is 94.4 Å². The van der Waals surface area contributed by atoms with Gasteiger partial charge in [0.15, 0.2) is 5.78 Å².